The van der Waals surface area contributed by atoms with Gasteiger partial charge in [-0.15, -0.1) is 11.3 Å². The number of aromatic nitrogens is 5. The maximum atomic E-state index is 13.2. The number of carbonyl (C=O) groups excluding carboxylic acids is 1. The van der Waals surface area contributed by atoms with E-state index in [-0.39, 0.29) is 11.9 Å². The van der Waals surface area contributed by atoms with Gasteiger partial charge in [-0.1, -0.05) is 0 Å². The van der Waals surface area contributed by atoms with Crippen molar-refractivity contribution in [2.45, 2.75) is 38.1 Å². The average molecular weight is 446 g/mol. The Morgan fingerprint density at radius 3 is 2.91 bits per heavy atom. The van der Waals surface area contributed by atoms with Crippen LogP contribution in [0.15, 0.2) is 36.9 Å². The van der Waals surface area contributed by atoms with Crippen LogP contribution in [0.1, 0.15) is 29.7 Å². The third-order valence-electron chi connectivity index (χ3n) is 6.25. The van der Waals surface area contributed by atoms with Crippen molar-refractivity contribution in [2.75, 3.05) is 16.8 Å². The van der Waals surface area contributed by atoms with E-state index >= 15 is 0 Å². The van der Waals surface area contributed by atoms with Gasteiger partial charge in [0.05, 0.1) is 17.3 Å². The van der Waals surface area contributed by atoms with Gasteiger partial charge in [-0.3, -0.25) is 14.5 Å². The summed E-state index contributed by atoms with van der Waals surface area (Å²) in [6, 6.07) is 3.53. The second kappa shape index (κ2) is 7.67. The van der Waals surface area contributed by atoms with E-state index in [0.717, 1.165) is 40.1 Å². The number of hydrogen-bond acceptors (Lipinski definition) is 7. The van der Waals surface area contributed by atoms with Crippen LogP contribution in [0.2, 0.25) is 0 Å². The molecule has 5 heterocycles. The Morgan fingerprint density at radius 1 is 1.19 bits per heavy atom. The molecule has 0 radical (unpaired) electrons. The highest BCUT2D eigenvalue weighted by atomic mass is 32.1. The predicted molar refractivity (Wildman–Crippen MR) is 125 cm³/mol. The molecule has 1 unspecified atom stereocenters. The van der Waals surface area contributed by atoms with Gasteiger partial charge in [0, 0.05) is 42.6 Å². The van der Waals surface area contributed by atoms with Crippen molar-refractivity contribution in [2.24, 2.45) is 7.05 Å². The van der Waals surface area contributed by atoms with Crippen LogP contribution in [0.25, 0.3) is 21.6 Å². The monoisotopic (exact) mass is 445 g/mol. The predicted octanol–water partition coefficient (Wildman–Crippen LogP) is 3.58. The molecule has 1 atom stereocenters. The SMILES string of the molecule is Cn1cc(N2CCC(Nc3nc(-c4cccnc4)nc4sc5c(c34)CCCC5)C2=O)cn1. The summed E-state index contributed by atoms with van der Waals surface area (Å²) in [5.41, 5.74) is 3.06. The first kappa shape index (κ1) is 19.4. The maximum absolute atomic E-state index is 13.2. The number of pyridine rings is 1. The van der Waals surface area contributed by atoms with Crippen molar-refractivity contribution in [3.63, 3.8) is 0 Å². The highest BCUT2D eigenvalue weighted by Gasteiger charge is 2.34. The summed E-state index contributed by atoms with van der Waals surface area (Å²) >= 11 is 1.76. The van der Waals surface area contributed by atoms with Crippen molar-refractivity contribution in [1.82, 2.24) is 24.7 Å². The van der Waals surface area contributed by atoms with E-state index in [2.05, 4.69) is 15.4 Å². The van der Waals surface area contributed by atoms with Crippen molar-refractivity contribution in [3.8, 4) is 11.4 Å². The Labute approximate surface area is 189 Å². The van der Waals surface area contributed by atoms with Gasteiger partial charge < -0.3 is 10.2 Å². The lowest BCUT2D eigenvalue weighted by Crippen LogP contribution is -2.33. The van der Waals surface area contributed by atoms with Gasteiger partial charge in [0.2, 0.25) is 5.91 Å². The fraction of sp³-hybridized carbons (Fsp3) is 0.348. The lowest BCUT2D eigenvalue weighted by Gasteiger charge is -2.17. The second-order valence-corrected chi connectivity index (χ2v) is 9.46. The molecule has 0 bridgehead atoms. The van der Waals surface area contributed by atoms with Gasteiger partial charge in [-0.25, -0.2) is 9.97 Å². The fourth-order valence-corrected chi connectivity index (χ4v) is 5.93. The van der Waals surface area contributed by atoms with Gasteiger partial charge in [-0.05, 0) is 49.8 Å². The van der Waals surface area contributed by atoms with Crippen LogP contribution in [0.4, 0.5) is 11.5 Å². The van der Waals surface area contributed by atoms with Crippen LogP contribution in [0, 0.1) is 0 Å². The number of rotatable bonds is 4. The van der Waals surface area contributed by atoms with Gasteiger partial charge in [0.15, 0.2) is 5.82 Å². The number of nitrogens with one attached hydrogen (secondary N) is 1. The molecule has 32 heavy (non-hydrogen) atoms. The fourth-order valence-electron chi connectivity index (χ4n) is 4.67. The first-order valence-corrected chi connectivity index (χ1v) is 11.8. The van der Waals surface area contributed by atoms with Crippen molar-refractivity contribution < 1.29 is 4.79 Å². The maximum Gasteiger partial charge on any atom is 0.249 e. The number of carbonyl (C=O) groups is 1. The number of anilines is 2. The van der Waals surface area contributed by atoms with Crippen LogP contribution in [-0.4, -0.2) is 43.2 Å². The van der Waals surface area contributed by atoms with Crippen LogP contribution in [0.3, 0.4) is 0 Å². The van der Waals surface area contributed by atoms with E-state index < -0.39 is 0 Å². The third kappa shape index (κ3) is 3.24. The molecule has 4 aromatic heterocycles. The van der Waals surface area contributed by atoms with Gasteiger partial charge in [0.1, 0.15) is 16.7 Å². The van der Waals surface area contributed by atoms with Gasteiger partial charge >= 0.3 is 0 Å². The van der Waals surface area contributed by atoms with Gasteiger partial charge in [0.25, 0.3) is 0 Å². The molecule has 1 saturated heterocycles. The minimum atomic E-state index is -0.325. The zero-order valence-corrected chi connectivity index (χ0v) is 18.6. The number of aryl methyl sites for hydroxylation is 3. The first-order valence-electron chi connectivity index (χ1n) is 11.0. The van der Waals surface area contributed by atoms with Crippen molar-refractivity contribution in [1.29, 1.82) is 0 Å². The zero-order chi connectivity index (χ0) is 21.7. The Kier molecular flexibility index (Phi) is 4.64. The van der Waals surface area contributed by atoms with Crippen LogP contribution in [0.5, 0.6) is 0 Å². The number of hydrogen-bond donors (Lipinski definition) is 1. The summed E-state index contributed by atoms with van der Waals surface area (Å²) in [7, 11) is 1.86. The number of fused-ring (bicyclic) bond motifs is 3. The standard InChI is InChI=1S/C23H23N7OS/c1-29-13-15(12-25-29)30-10-8-17(23(30)31)26-21-19-16-6-2-3-7-18(16)32-22(19)28-20(27-21)14-5-4-9-24-11-14/h4-5,9,11-13,17H,2-3,6-8,10H2,1H3,(H,26,27,28). The molecule has 6 rings (SSSR count). The Hall–Kier alpha value is -3.33. The van der Waals surface area contributed by atoms with Crippen LogP contribution < -0.4 is 10.2 Å². The summed E-state index contributed by atoms with van der Waals surface area (Å²) in [5.74, 6) is 1.46. The third-order valence-corrected chi connectivity index (χ3v) is 7.44. The summed E-state index contributed by atoms with van der Waals surface area (Å²) in [5, 5.41) is 8.80. The number of nitrogens with zero attached hydrogens (tertiary/aromatic N) is 6. The lowest BCUT2D eigenvalue weighted by molar-refractivity contribution is -0.117. The molecule has 4 aromatic rings. The summed E-state index contributed by atoms with van der Waals surface area (Å²) in [6.45, 7) is 0.660. The largest absolute Gasteiger partial charge is 0.358 e. The van der Waals surface area contributed by atoms with E-state index in [4.69, 9.17) is 9.97 Å². The normalized spacial score (nSPS) is 18.3. The van der Waals surface area contributed by atoms with E-state index in [1.807, 2.05) is 25.4 Å². The quantitative estimate of drug-likeness (QED) is 0.517. The highest BCUT2D eigenvalue weighted by molar-refractivity contribution is 7.19. The van der Waals surface area contributed by atoms with E-state index in [9.17, 15) is 4.79 Å². The molecule has 1 aliphatic heterocycles. The van der Waals surface area contributed by atoms with Crippen molar-refractivity contribution in [3.05, 3.63) is 47.4 Å². The molecule has 0 saturated carbocycles. The average Bonchev–Trinajstić information content (AvgIpc) is 3.51. The molecule has 9 heteroatoms. The highest BCUT2D eigenvalue weighted by Crippen LogP contribution is 2.40. The summed E-state index contributed by atoms with van der Waals surface area (Å²) in [6.07, 6.45) is 12.4. The van der Waals surface area contributed by atoms with E-state index in [1.54, 1.807) is 39.5 Å². The molecule has 1 amide bonds. The van der Waals surface area contributed by atoms with E-state index in [1.165, 1.54) is 23.3 Å². The van der Waals surface area contributed by atoms with Crippen LogP contribution >= 0.6 is 11.3 Å². The molecule has 0 aromatic carbocycles. The molecule has 1 N–H and O–H groups in total. The smallest absolute Gasteiger partial charge is 0.249 e. The topological polar surface area (TPSA) is 88.8 Å². The van der Waals surface area contributed by atoms with Crippen molar-refractivity contribution >= 4 is 39.0 Å². The number of amides is 1. The molecular formula is C23H23N7OS. The molecule has 0 spiro atoms. The Morgan fingerprint density at radius 2 is 2.09 bits per heavy atom. The summed E-state index contributed by atoms with van der Waals surface area (Å²) in [4.78, 5) is 31.4. The molecular weight excluding hydrogens is 422 g/mol. The molecule has 162 valence electrons. The molecule has 8 nitrogen and oxygen atoms in total. The lowest BCUT2D eigenvalue weighted by atomic mass is 9.97. The molecule has 1 fully saturated rings. The second-order valence-electron chi connectivity index (χ2n) is 8.38. The molecule has 1 aliphatic carbocycles. The minimum absolute atomic E-state index is 0.0526. The van der Waals surface area contributed by atoms with Crippen LogP contribution in [-0.2, 0) is 24.7 Å². The Balaban J connectivity index is 1.40. The molecule has 2 aliphatic rings. The van der Waals surface area contributed by atoms with E-state index in [0.29, 0.717) is 18.8 Å². The summed E-state index contributed by atoms with van der Waals surface area (Å²) < 4.78 is 1.72. The first-order chi connectivity index (χ1) is 15.7. The van der Waals surface area contributed by atoms with Gasteiger partial charge in [-0.2, -0.15) is 5.10 Å². The number of thiophene rings is 1. The Bertz CT molecular complexity index is 1310. The zero-order valence-electron chi connectivity index (χ0n) is 17.8. The minimum Gasteiger partial charge on any atom is -0.358 e.